The highest BCUT2D eigenvalue weighted by Gasteiger charge is 2.24. The van der Waals surface area contributed by atoms with E-state index in [0.717, 1.165) is 41.8 Å². The van der Waals surface area contributed by atoms with E-state index in [2.05, 4.69) is 32.4 Å². The number of aryl methyl sites for hydroxylation is 2. The van der Waals surface area contributed by atoms with Crippen LogP contribution in [-0.4, -0.2) is 25.8 Å². The second-order valence-corrected chi connectivity index (χ2v) is 6.50. The SMILES string of the molecule is Cc1cncc(-c2ccc3c(n2)C(NC(=O)c2cnccn2)CCC3)c1. The van der Waals surface area contributed by atoms with Crippen LogP contribution in [0.5, 0.6) is 0 Å². The largest absolute Gasteiger partial charge is 0.342 e. The number of amides is 1. The predicted molar refractivity (Wildman–Crippen MR) is 97.4 cm³/mol. The molecule has 1 N–H and O–H groups in total. The van der Waals surface area contributed by atoms with E-state index >= 15 is 0 Å². The van der Waals surface area contributed by atoms with E-state index in [9.17, 15) is 4.79 Å². The molecule has 1 atom stereocenters. The Kier molecular flexibility index (Phi) is 4.39. The van der Waals surface area contributed by atoms with Crippen molar-refractivity contribution >= 4 is 5.91 Å². The van der Waals surface area contributed by atoms with Crippen LogP contribution in [0.15, 0.2) is 49.2 Å². The summed E-state index contributed by atoms with van der Waals surface area (Å²) in [4.78, 5) is 29.6. The normalized spacial score (nSPS) is 16.0. The maximum atomic E-state index is 12.5. The van der Waals surface area contributed by atoms with Crippen LogP contribution in [0.4, 0.5) is 0 Å². The Labute approximate surface area is 151 Å². The molecular weight excluding hydrogens is 326 g/mol. The van der Waals surface area contributed by atoms with Crippen molar-refractivity contribution in [2.45, 2.75) is 32.2 Å². The maximum Gasteiger partial charge on any atom is 0.272 e. The predicted octanol–water partition coefficient (Wildman–Crippen LogP) is 3.05. The van der Waals surface area contributed by atoms with Crippen LogP contribution in [-0.2, 0) is 6.42 Å². The van der Waals surface area contributed by atoms with E-state index in [0.29, 0.717) is 5.69 Å². The molecule has 130 valence electrons. The molecule has 1 aliphatic carbocycles. The number of carbonyl (C=O) groups excluding carboxylic acids is 1. The van der Waals surface area contributed by atoms with Crippen LogP contribution in [0.25, 0.3) is 11.3 Å². The Bertz CT molecular complexity index is 942. The Morgan fingerprint density at radius 1 is 1.15 bits per heavy atom. The maximum absolute atomic E-state index is 12.5. The van der Waals surface area contributed by atoms with Crippen LogP contribution in [0, 0.1) is 6.92 Å². The van der Waals surface area contributed by atoms with E-state index in [-0.39, 0.29) is 11.9 Å². The highest BCUT2D eigenvalue weighted by atomic mass is 16.1. The summed E-state index contributed by atoms with van der Waals surface area (Å²) in [5, 5.41) is 3.06. The number of nitrogens with one attached hydrogen (secondary N) is 1. The molecule has 0 aromatic carbocycles. The number of fused-ring (bicyclic) bond motifs is 1. The quantitative estimate of drug-likeness (QED) is 0.789. The van der Waals surface area contributed by atoms with E-state index < -0.39 is 0 Å². The number of aromatic nitrogens is 4. The van der Waals surface area contributed by atoms with E-state index in [1.807, 2.05) is 25.4 Å². The van der Waals surface area contributed by atoms with Gasteiger partial charge in [0.2, 0.25) is 0 Å². The second kappa shape index (κ2) is 7.00. The third kappa shape index (κ3) is 3.31. The van der Waals surface area contributed by atoms with Gasteiger partial charge in [0, 0.05) is 30.4 Å². The molecule has 3 aromatic rings. The van der Waals surface area contributed by atoms with Gasteiger partial charge >= 0.3 is 0 Å². The van der Waals surface area contributed by atoms with Crippen LogP contribution < -0.4 is 5.32 Å². The average molecular weight is 345 g/mol. The van der Waals surface area contributed by atoms with E-state index in [1.165, 1.54) is 18.0 Å². The Balaban J connectivity index is 1.64. The molecule has 0 saturated carbocycles. The van der Waals surface area contributed by atoms with Gasteiger partial charge in [0.25, 0.3) is 5.91 Å². The molecule has 6 heteroatoms. The summed E-state index contributed by atoms with van der Waals surface area (Å²) >= 11 is 0. The van der Waals surface area contributed by atoms with Crippen molar-refractivity contribution in [2.24, 2.45) is 0 Å². The fraction of sp³-hybridized carbons (Fsp3) is 0.250. The van der Waals surface area contributed by atoms with Crippen molar-refractivity contribution < 1.29 is 4.79 Å². The molecule has 0 bridgehead atoms. The number of pyridine rings is 2. The van der Waals surface area contributed by atoms with E-state index in [1.54, 1.807) is 6.20 Å². The van der Waals surface area contributed by atoms with Crippen molar-refractivity contribution in [2.75, 3.05) is 0 Å². The molecule has 0 aliphatic heterocycles. The summed E-state index contributed by atoms with van der Waals surface area (Å²) in [6.45, 7) is 2.01. The Hall–Kier alpha value is -3.15. The summed E-state index contributed by atoms with van der Waals surface area (Å²) < 4.78 is 0. The summed E-state index contributed by atoms with van der Waals surface area (Å²) in [5.41, 5.74) is 5.39. The van der Waals surface area contributed by atoms with Crippen molar-refractivity contribution in [1.82, 2.24) is 25.3 Å². The average Bonchev–Trinajstić information content (AvgIpc) is 2.68. The third-order valence-electron chi connectivity index (χ3n) is 4.55. The monoisotopic (exact) mass is 345 g/mol. The van der Waals surface area contributed by atoms with Gasteiger partial charge in [-0.05, 0) is 49.4 Å². The smallest absolute Gasteiger partial charge is 0.272 e. The molecule has 4 rings (SSSR count). The van der Waals surface area contributed by atoms with Gasteiger partial charge in [0.05, 0.1) is 23.6 Å². The molecule has 26 heavy (non-hydrogen) atoms. The minimum atomic E-state index is -0.222. The number of nitrogens with zero attached hydrogens (tertiary/aromatic N) is 4. The first-order valence-corrected chi connectivity index (χ1v) is 8.69. The van der Waals surface area contributed by atoms with Gasteiger partial charge in [-0.1, -0.05) is 6.07 Å². The molecule has 0 radical (unpaired) electrons. The fourth-order valence-electron chi connectivity index (χ4n) is 3.30. The minimum Gasteiger partial charge on any atom is -0.342 e. The standard InChI is InChI=1S/C20H19N5O/c1-13-9-15(11-22-10-13)16-6-5-14-3-2-4-17(19(14)24-16)25-20(26)18-12-21-7-8-23-18/h5-12,17H,2-4H2,1H3,(H,25,26). The zero-order valence-corrected chi connectivity index (χ0v) is 14.5. The minimum absolute atomic E-state index is 0.119. The lowest BCUT2D eigenvalue weighted by Crippen LogP contribution is -2.32. The summed E-state index contributed by atoms with van der Waals surface area (Å²) in [6, 6.07) is 6.09. The molecule has 0 fully saturated rings. The molecule has 6 nitrogen and oxygen atoms in total. The number of carbonyl (C=O) groups is 1. The first-order valence-electron chi connectivity index (χ1n) is 8.69. The highest BCUT2D eigenvalue weighted by molar-refractivity contribution is 5.92. The number of hydrogen-bond donors (Lipinski definition) is 1. The van der Waals surface area contributed by atoms with Gasteiger partial charge in [-0.3, -0.25) is 19.7 Å². The molecule has 0 saturated heterocycles. The fourth-order valence-corrected chi connectivity index (χ4v) is 3.30. The second-order valence-electron chi connectivity index (χ2n) is 6.50. The third-order valence-corrected chi connectivity index (χ3v) is 4.55. The van der Waals surface area contributed by atoms with Gasteiger partial charge in [-0.25, -0.2) is 4.98 Å². The van der Waals surface area contributed by atoms with Crippen molar-refractivity contribution in [3.63, 3.8) is 0 Å². The lowest BCUT2D eigenvalue weighted by molar-refractivity contribution is 0.0926. The van der Waals surface area contributed by atoms with Crippen LogP contribution >= 0.6 is 0 Å². The lowest BCUT2D eigenvalue weighted by Gasteiger charge is -2.25. The molecule has 1 aliphatic rings. The van der Waals surface area contributed by atoms with Crippen LogP contribution in [0.1, 0.15) is 46.2 Å². The molecule has 1 unspecified atom stereocenters. The van der Waals surface area contributed by atoms with Gasteiger partial charge in [0.15, 0.2) is 0 Å². The first kappa shape index (κ1) is 16.3. The van der Waals surface area contributed by atoms with Crippen LogP contribution in [0.2, 0.25) is 0 Å². The summed E-state index contributed by atoms with van der Waals surface area (Å²) in [7, 11) is 0. The lowest BCUT2D eigenvalue weighted by atomic mass is 9.91. The zero-order chi connectivity index (χ0) is 17.9. The van der Waals surface area contributed by atoms with Crippen molar-refractivity contribution in [3.05, 3.63) is 71.7 Å². The van der Waals surface area contributed by atoms with Gasteiger partial charge in [-0.2, -0.15) is 0 Å². The van der Waals surface area contributed by atoms with Gasteiger partial charge in [0.1, 0.15) is 5.69 Å². The number of rotatable bonds is 3. The summed E-state index contributed by atoms with van der Waals surface area (Å²) in [5.74, 6) is -0.222. The molecule has 1 amide bonds. The Morgan fingerprint density at radius 3 is 2.88 bits per heavy atom. The van der Waals surface area contributed by atoms with Gasteiger partial charge < -0.3 is 5.32 Å². The first-order chi connectivity index (χ1) is 12.7. The zero-order valence-electron chi connectivity index (χ0n) is 14.5. The molecule has 3 heterocycles. The van der Waals surface area contributed by atoms with Gasteiger partial charge in [-0.15, -0.1) is 0 Å². The highest BCUT2D eigenvalue weighted by Crippen LogP contribution is 2.30. The Morgan fingerprint density at radius 2 is 2.08 bits per heavy atom. The van der Waals surface area contributed by atoms with Crippen molar-refractivity contribution in [1.29, 1.82) is 0 Å². The molecule has 0 spiro atoms. The molecule has 3 aromatic heterocycles. The van der Waals surface area contributed by atoms with E-state index in [4.69, 9.17) is 4.98 Å². The molecular formula is C20H19N5O. The topological polar surface area (TPSA) is 80.7 Å². The summed E-state index contributed by atoms with van der Waals surface area (Å²) in [6.07, 6.45) is 11.0. The van der Waals surface area contributed by atoms with Crippen LogP contribution in [0.3, 0.4) is 0 Å². The number of hydrogen-bond acceptors (Lipinski definition) is 5. The van der Waals surface area contributed by atoms with Crippen molar-refractivity contribution in [3.8, 4) is 11.3 Å².